The van der Waals surface area contributed by atoms with E-state index in [1.54, 1.807) is 0 Å². The summed E-state index contributed by atoms with van der Waals surface area (Å²) in [5.74, 6) is 0.344. The lowest BCUT2D eigenvalue weighted by molar-refractivity contribution is 0.0704. The van der Waals surface area contributed by atoms with Crippen LogP contribution in [0.3, 0.4) is 0 Å². The molecule has 0 unspecified atom stereocenters. The number of aryl methyl sites for hydroxylation is 1. The fourth-order valence-corrected chi connectivity index (χ4v) is 3.70. The van der Waals surface area contributed by atoms with Crippen LogP contribution in [0.25, 0.3) is 10.9 Å². The quantitative estimate of drug-likeness (QED) is 0.871. The Morgan fingerprint density at radius 3 is 2.76 bits per heavy atom. The summed E-state index contributed by atoms with van der Waals surface area (Å²) in [5.41, 5.74) is 1.91. The number of carbonyl (C=O) groups excluding carboxylic acids is 1. The zero-order valence-electron chi connectivity index (χ0n) is 13.0. The Kier molecular flexibility index (Phi) is 3.85. The smallest absolute Gasteiger partial charge is 0.169 e. The van der Waals surface area contributed by atoms with Crippen molar-refractivity contribution in [1.82, 2.24) is 9.88 Å². The van der Waals surface area contributed by atoms with Crippen LogP contribution in [-0.2, 0) is 7.05 Å². The van der Waals surface area contributed by atoms with E-state index in [1.807, 2.05) is 19.3 Å². The molecule has 0 aliphatic carbocycles. The second-order valence-corrected chi connectivity index (χ2v) is 6.31. The number of rotatable bonds is 4. The maximum Gasteiger partial charge on any atom is 0.169 e. The van der Waals surface area contributed by atoms with Gasteiger partial charge < -0.3 is 9.88 Å². The highest BCUT2D eigenvalue weighted by Gasteiger charge is 2.38. The number of hydrogen-bond acceptors (Lipinski definition) is 2. The maximum absolute atomic E-state index is 13.1. The number of Topliss-reactive ketones (excluding diaryl/α,β-unsaturated/α-hetero) is 1. The van der Waals surface area contributed by atoms with Crippen LogP contribution in [0.15, 0.2) is 30.5 Å². The van der Waals surface area contributed by atoms with Gasteiger partial charge in [-0.3, -0.25) is 4.79 Å². The largest absolute Gasteiger partial charge is 0.351 e. The third-order valence-corrected chi connectivity index (χ3v) is 4.92. The van der Waals surface area contributed by atoms with Gasteiger partial charge in [0.15, 0.2) is 5.78 Å². The highest BCUT2D eigenvalue weighted by molar-refractivity contribution is 6.03. The Hall–Kier alpha value is -1.61. The van der Waals surface area contributed by atoms with E-state index >= 15 is 0 Å². The molecule has 2 heterocycles. The Labute approximate surface area is 126 Å². The summed E-state index contributed by atoms with van der Waals surface area (Å²) >= 11 is 0. The molecule has 3 rings (SSSR count). The zero-order chi connectivity index (χ0) is 14.9. The van der Waals surface area contributed by atoms with Crippen LogP contribution < -0.4 is 5.32 Å². The molecule has 1 aliphatic rings. The van der Waals surface area contributed by atoms with Gasteiger partial charge in [-0.25, -0.2) is 0 Å². The third-order valence-electron chi connectivity index (χ3n) is 4.92. The molecule has 0 bridgehead atoms. The van der Waals surface area contributed by atoms with Crippen molar-refractivity contribution in [2.45, 2.75) is 32.6 Å². The summed E-state index contributed by atoms with van der Waals surface area (Å²) < 4.78 is 2.09. The first-order chi connectivity index (χ1) is 10.2. The van der Waals surface area contributed by atoms with Crippen LogP contribution >= 0.6 is 0 Å². The number of benzene rings is 1. The average molecular weight is 284 g/mol. The minimum Gasteiger partial charge on any atom is -0.351 e. The van der Waals surface area contributed by atoms with E-state index in [0.717, 1.165) is 49.7 Å². The second kappa shape index (κ2) is 5.64. The summed E-state index contributed by atoms with van der Waals surface area (Å²) in [4.78, 5) is 13.1. The van der Waals surface area contributed by atoms with E-state index in [4.69, 9.17) is 0 Å². The number of ketones is 1. The lowest BCUT2D eigenvalue weighted by Crippen LogP contribution is -2.42. The molecule has 21 heavy (non-hydrogen) atoms. The molecule has 0 amide bonds. The number of carbonyl (C=O) groups is 1. The van der Waals surface area contributed by atoms with Gasteiger partial charge in [0.05, 0.1) is 0 Å². The molecule has 0 atom stereocenters. The van der Waals surface area contributed by atoms with Gasteiger partial charge in [0.2, 0.25) is 0 Å². The lowest BCUT2D eigenvalue weighted by Gasteiger charge is -2.36. The number of nitrogens with zero attached hydrogens (tertiary/aromatic N) is 1. The molecule has 1 aromatic carbocycles. The molecule has 0 radical (unpaired) electrons. The first-order valence-electron chi connectivity index (χ1n) is 7.97. The van der Waals surface area contributed by atoms with Crippen molar-refractivity contribution in [3.8, 4) is 0 Å². The lowest BCUT2D eigenvalue weighted by atomic mass is 9.70. The second-order valence-electron chi connectivity index (χ2n) is 6.31. The van der Waals surface area contributed by atoms with Crippen molar-refractivity contribution < 1.29 is 4.79 Å². The predicted octanol–water partition coefficient (Wildman–Crippen LogP) is 3.53. The van der Waals surface area contributed by atoms with Gasteiger partial charge in [-0.2, -0.15) is 0 Å². The number of aromatic nitrogens is 1. The van der Waals surface area contributed by atoms with E-state index in [1.165, 1.54) is 5.52 Å². The maximum atomic E-state index is 13.1. The fraction of sp³-hybridized carbons (Fsp3) is 0.500. The molecule has 1 aromatic heterocycles. The standard InChI is InChI=1S/C18H24N2O/c1-3-7-18(8-10-19-11-9-18)17(21)15-4-5-16-14(13-15)6-12-20(16)2/h4-6,12-13,19H,3,7-11H2,1-2H3. The Balaban J connectivity index is 1.97. The highest BCUT2D eigenvalue weighted by atomic mass is 16.1. The zero-order valence-corrected chi connectivity index (χ0v) is 13.0. The topological polar surface area (TPSA) is 34.0 Å². The fourth-order valence-electron chi connectivity index (χ4n) is 3.70. The SMILES string of the molecule is CCCC1(C(=O)c2ccc3c(ccn3C)c2)CCNCC1. The average Bonchev–Trinajstić information content (AvgIpc) is 2.88. The Morgan fingerprint density at radius 2 is 2.05 bits per heavy atom. The van der Waals surface area contributed by atoms with E-state index in [0.29, 0.717) is 5.78 Å². The van der Waals surface area contributed by atoms with E-state index in [-0.39, 0.29) is 5.41 Å². The Bertz CT molecular complexity index is 645. The molecule has 1 saturated heterocycles. The molecule has 112 valence electrons. The molecule has 3 nitrogen and oxygen atoms in total. The third kappa shape index (κ3) is 2.51. The number of piperidine rings is 1. The molecular formula is C18H24N2O. The van der Waals surface area contributed by atoms with E-state index in [2.05, 4.69) is 35.0 Å². The van der Waals surface area contributed by atoms with E-state index in [9.17, 15) is 4.79 Å². The molecule has 1 aliphatic heterocycles. The highest BCUT2D eigenvalue weighted by Crippen LogP contribution is 2.38. The van der Waals surface area contributed by atoms with Gasteiger partial charge in [-0.15, -0.1) is 0 Å². The van der Waals surface area contributed by atoms with Crippen molar-refractivity contribution in [2.24, 2.45) is 12.5 Å². The monoisotopic (exact) mass is 284 g/mol. The summed E-state index contributed by atoms with van der Waals surface area (Å²) in [5, 5.41) is 4.54. The summed E-state index contributed by atoms with van der Waals surface area (Å²) in [6.07, 6.45) is 6.05. The van der Waals surface area contributed by atoms with Crippen LogP contribution in [0.4, 0.5) is 0 Å². The first kappa shape index (κ1) is 14.3. The molecule has 1 fully saturated rings. The summed E-state index contributed by atoms with van der Waals surface area (Å²) in [7, 11) is 2.04. The van der Waals surface area contributed by atoms with Crippen molar-refractivity contribution in [3.63, 3.8) is 0 Å². The summed E-state index contributed by atoms with van der Waals surface area (Å²) in [6.45, 7) is 4.09. The van der Waals surface area contributed by atoms with Gasteiger partial charge in [-0.1, -0.05) is 13.3 Å². The summed E-state index contributed by atoms with van der Waals surface area (Å²) in [6, 6.07) is 8.23. The van der Waals surface area contributed by atoms with Crippen LogP contribution in [-0.4, -0.2) is 23.4 Å². The van der Waals surface area contributed by atoms with Crippen LogP contribution in [0.1, 0.15) is 43.0 Å². The van der Waals surface area contributed by atoms with Gasteiger partial charge in [0.25, 0.3) is 0 Å². The van der Waals surface area contributed by atoms with Crippen LogP contribution in [0, 0.1) is 5.41 Å². The van der Waals surface area contributed by atoms with Gasteiger partial charge in [0, 0.05) is 35.1 Å². The molecule has 0 spiro atoms. The van der Waals surface area contributed by atoms with Crippen LogP contribution in [0.5, 0.6) is 0 Å². The first-order valence-corrected chi connectivity index (χ1v) is 7.97. The normalized spacial score (nSPS) is 18.0. The molecular weight excluding hydrogens is 260 g/mol. The van der Waals surface area contributed by atoms with E-state index < -0.39 is 0 Å². The molecule has 0 saturated carbocycles. The molecule has 2 aromatic rings. The van der Waals surface area contributed by atoms with Gasteiger partial charge in [-0.05, 0) is 56.6 Å². The number of nitrogens with one attached hydrogen (secondary N) is 1. The minimum atomic E-state index is -0.150. The van der Waals surface area contributed by atoms with Gasteiger partial charge >= 0.3 is 0 Å². The molecule has 3 heteroatoms. The number of fused-ring (bicyclic) bond motifs is 1. The van der Waals surface area contributed by atoms with Crippen LogP contribution in [0.2, 0.25) is 0 Å². The van der Waals surface area contributed by atoms with Crippen molar-refractivity contribution in [1.29, 1.82) is 0 Å². The number of hydrogen-bond donors (Lipinski definition) is 1. The van der Waals surface area contributed by atoms with Crippen molar-refractivity contribution >= 4 is 16.7 Å². The molecule has 1 N–H and O–H groups in total. The minimum absolute atomic E-state index is 0.150. The Morgan fingerprint density at radius 1 is 1.29 bits per heavy atom. The van der Waals surface area contributed by atoms with Crippen molar-refractivity contribution in [2.75, 3.05) is 13.1 Å². The van der Waals surface area contributed by atoms with Gasteiger partial charge in [0.1, 0.15) is 0 Å². The predicted molar refractivity (Wildman–Crippen MR) is 86.7 cm³/mol. The van der Waals surface area contributed by atoms with Crippen molar-refractivity contribution in [3.05, 3.63) is 36.0 Å².